The molecule has 1 aromatic heterocycles. The first-order chi connectivity index (χ1) is 15.2. The van der Waals surface area contributed by atoms with Crippen LogP contribution < -0.4 is 14.4 Å². The SMILES string of the molecule is COc1ccc(CN2C(=O)CCc3cc(Oc4ncc5ccccc5n4)ccc32)cc1. The van der Waals surface area contributed by atoms with Gasteiger partial charge < -0.3 is 14.4 Å². The van der Waals surface area contributed by atoms with Gasteiger partial charge in [-0.1, -0.05) is 30.3 Å². The molecular formula is C25H21N3O3. The zero-order valence-corrected chi connectivity index (χ0v) is 17.1. The second-order valence-electron chi connectivity index (χ2n) is 7.43. The summed E-state index contributed by atoms with van der Waals surface area (Å²) >= 11 is 0. The number of carbonyl (C=O) groups excluding carboxylic acids is 1. The first-order valence-corrected chi connectivity index (χ1v) is 10.2. The van der Waals surface area contributed by atoms with Crippen LogP contribution in [0.5, 0.6) is 17.5 Å². The zero-order chi connectivity index (χ0) is 21.2. The van der Waals surface area contributed by atoms with Crippen LogP contribution in [0.15, 0.2) is 72.9 Å². The lowest BCUT2D eigenvalue weighted by atomic mass is 10.00. The number of hydrogen-bond acceptors (Lipinski definition) is 5. The minimum absolute atomic E-state index is 0.120. The summed E-state index contributed by atoms with van der Waals surface area (Å²) in [5, 5.41) is 0.966. The molecule has 1 amide bonds. The van der Waals surface area contributed by atoms with Gasteiger partial charge in [0.15, 0.2) is 0 Å². The number of ether oxygens (including phenoxy) is 2. The van der Waals surface area contributed by atoms with Crippen LogP contribution in [0.25, 0.3) is 10.9 Å². The van der Waals surface area contributed by atoms with Crippen LogP contribution in [0, 0.1) is 0 Å². The number of rotatable bonds is 5. The van der Waals surface area contributed by atoms with Crippen LogP contribution in [0.1, 0.15) is 17.5 Å². The van der Waals surface area contributed by atoms with Crippen molar-refractivity contribution in [1.82, 2.24) is 9.97 Å². The zero-order valence-electron chi connectivity index (χ0n) is 17.1. The molecule has 0 spiro atoms. The largest absolute Gasteiger partial charge is 0.497 e. The molecule has 6 nitrogen and oxygen atoms in total. The Labute approximate surface area is 180 Å². The highest BCUT2D eigenvalue weighted by molar-refractivity contribution is 5.96. The van der Waals surface area contributed by atoms with Crippen molar-refractivity contribution >= 4 is 22.5 Å². The van der Waals surface area contributed by atoms with Gasteiger partial charge in [0.25, 0.3) is 0 Å². The average molecular weight is 411 g/mol. The molecule has 1 aliphatic heterocycles. The van der Waals surface area contributed by atoms with Gasteiger partial charge in [-0.25, -0.2) is 4.98 Å². The van der Waals surface area contributed by atoms with Crippen LogP contribution in [0.3, 0.4) is 0 Å². The molecule has 5 rings (SSSR count). The molecule has 0 bridgehead atoms. The van der Waals surface area contributed by atoms with Crippen molar-refractivity contribution in [3.05, 3.63) is 84.1 Å². The number of anilines is 1. The van der Waals surface area contributed by atoms with Gasteiger partial charge in [0.1, 0.15) is 11.5 Å². The third-order valence-corrected chi connectivity index (χ3v) is 5.43. The molecular weight excluding hydrogens is 390 g/mol. The number of amides is 1. The van der Waals surface area contributed by atoms with Gasteiger partial charge in [0.2, 0.25) is 5.91 Å². The summed E-state index contributed by atoms with van der Waals surface area (Å²) in [6.07, 6.45) is 2.91. The molecule has 1 aliphatic rings. The Morgan fingerprint density at radius 1 is 0.968 bits per heavy atom. The van der Waals surface area contributed by atoms with E-state index in [0.717, 1.165) is 33.5 Å². The van der Waals surface area contributed by atoms with Crippen molar-refractivity contribution in [2.24, 2.45) is 0 Å². The molecule has 0 fully saturated rings. The van der Waals surface area contributed by atoms with Crippen molar-refractivity contribution in [2.75, 3.05) is 12.0 Å². The highest BCUT2D eigenvalue weighted by Gasteiger charge is 2.25. The number of fused-ring (bicyclic) bond motifs is 2. The summed E-state index contributed by atoms with van der Waals surface area (Å²) in [5.41, 5.74) is 3.87. The van der Waals surface area contributed by atoms with E-state index < -0.39 is 0 Å². The summed E-state index contributed by atoms with van der Waals surface area (Å²) in [6.45, 7) is 0.518. The van der Waals surface area contributed by atoms with Gasteiger partial charge in [-0.05, 0) is 53.9 Å². The van der Waals surface area contributed by atoms with Crippen LogP contribution in [-0.4, -0.2) is 23.0 Å². The number of aryl methyl sites for hydroxylation is 1. The van der Waals surface area contributed by atoms with E-state index in [0.29, 0.717) is 31.1 Å². The predicted octanol–water partition coefficient (Wildman–Crippen LogP) is 4.91. The van der Waals surface area contributed by atoms with Crippen molar-refractivity contribution in [1.29, 1.82) is 0 Å². The fraction of sp³-hybridized carbons (Fsp3) is 0.160. The summed E-state index contributed by atoms with van der Waals surface area (Å²) in [4.78, 5) is 23.2. The minimum atomic E-state index is 0.120. The Kier molecular flexibility index (Phi) is 4.96. The molecule has 6 heteroatoms. The molecule has 0 radical (unpaired) electrons. The third-order valence-electron chi connectivity index (χ3n) is 5.43. The maximum atomic E-state index is 12.6. The number of methoxy groups -OCH3 is 1. The maximum absolute atomic E-state index is 12.6. The van der Waals surface area contributed by atoms with E-state index >= 15 is 0 Å². The highest BCUT2D eigenvalue weighted by atomic mass is 16.5. The van der Waals surface area contributed by atoms with Crippen LogP contribution in [0.4, 0.5) is 5.69 Å². The van der Waals surface area contributed by atoms with E-state index in [2.05, 4.69) is 9.97 Å². The number of hydrogen-bond donors (Lipinski definition) is 0. The number of benzene rings is 3. The van der Waals surface area contributed by atoms with Crippen molar-refractivity contribution < 1.29 is 14.3 Å². The van der Waals surface area contributed by atoms with Gasteiger partial charge >= 0.3 is 6.01 Å². The maximum Gasteiger partial charge on any atom is 0.322 e. The molecule has 154 valence electrons. The van der Waals surface area contributed by atoms with Crippen molar-refractivity contribution in [3.8, 4) is 17.5 Å². The fourth-order valence-electron chi connectivity index (χ4n) is 3.80. The molecule has 0 saturated heterocycles. The normalized spacial score (nSPS) is 13.2. The number of para-hydroxylation sites is 1. The molecule has 0 N–H and O–H groups in total. The fourth-order valence-corrected chi connectivity index (χ4v) is 3.80. The molecule has 0 unspecified atom stereocenters. The molecule has 0 atom stereocenters. The summed E-state index contributed by atoms with van der Waals surface area (Å²) in [5.74, 6) is 1.58. The lowest BCUT2D eigenvalue weighted by Crippen LogP contribution is -2.34. The van der Waals surface area contributed by atoms with Gasteiger partial charge in [-0.3, -0.25) is 4.79 Å². The van der Waals surface area contributed by atoms with E-state index in [1.165, 1.54) is 0 Å². The second kappa shape index (κ2) is 8.07. The Balaban J connectivity index is 1.39. The minimum Gasteiger partial charge on any atom is -0.497 e. The average Bonchev–Trinajstić information content (AvgIpc) is 2.81. The summed E-state index contributed by atoms with van der Waals surface area (Å²) < 4.78 is 11.1. The molecule has 31 heavy (non-hydrogen) atoms. The smallest absolute Gasteiger partial charge is 0.322 e. The first kappa shape index (κ1) is 19.1. The van der Waals surface area contributed by atoms with Crippen molar-refractivity contribution in [2.45, 2.75) is 19.4 Å². The number of carbonyl (C=O) groups is 1. The lowest BCUT2D eigenvalue weighted by Gasteiger charge is -2.30. The Hall–Kier alpha value is -3.93. The van der Waals surface area contributed by atoms with Gasteiger partial charge in [0, 0.05) is 23.7 Å². The van der Waals surface area contributed by atoms with Gasteiger partial charge in [-0.2, -0.15) is 4.98 Å². The molecule has 4 aromatic rings. The Morgan fingerprint density at radius 2 is 1.77 bits per heavy atom. The molecule has 2 heterocycles. The first-order valence-electron chi connectivity index (χ1n) is 10.2. The van der Waals surface area contributed by atoms with Gasteiger partial charge in [-0.15, -0.1) is 0 Å². The standard InChI is InChI=1S/C25H21N3O3/c1-30-20-9-6-17(7-10-20)16-28-23-12-11-21(14-18(23)8-13-24(28)29)31-25-26-15-19-4-2-3-5-22(19)27-25/h2-7,9-12,14-15H,8,13,16H2,1H3. The van der Waals surface area contributed by atoms with Crippen LogP contribution in [0.2, 0.25) is 0 Å². The van der Waals surface area contributed by atoms with Crippen LogP contribution in [-0.2, 0) is 17.8 Å². The monoisotopic (exact) mass is 411 g/mol. The predicted molar refractivity (Wildman–Crippen MR) is 119 cm³/mol. The molecule has 3 aromatic carbocycles. The molecule has 0 saturated carbocycles. The van der Waals surface area contributed by atoms with E-state index in [4.69, 9.17) is 9.47 Å². The van der Waals surface area contributed by atoms with E-state index in [-0.39, 0.29) is 5.91 Å². The highest BCUT2D eigenvalue weighted by Crippen LogP contribution is 2.33. The quantitative estimate of drug-likeness (QED) is 0.467. The number of nitrogens with zero attached hydrogens (tertiary/aromatic N) is 3. The topological polar surface area (TPSA) is 64.5 Å². The van der Waals surface area contributed by atoms with E-state index in [1.54, 1.807) is 13.3 Å². The van der Waals surface area contributed by atoms with E-state index in [1.807, 2.05) is 71.6 Å². The number of aromatic nitrogens is 2. The third kappa shape index (κ3) is 3.92. The summed E-state index contributed by atoms with van der Waals surface area (Å²) in [7, 11) is 1.64. The lowest BCUT2D eigenvalue weighted by molar-refractivity contribution is -0.119. The second-order valence-corrected chi connectivity index (χ2v) is 7.43. The Bertz CT molecular complexity index is 1250. The van der Waals surface area contributed by atoms with Crippen molar-refractivity contribution in [3.63, 3.8) is 0 Å². The van der Waals surface area contributed by atoms with Gasteiger partial charge in [0.05, 0.1) is 19.2 Å². The summed E-state index contributed by atoms with van der Waals surface area (Å²) in [6, 6.07) is 21.6. The molecule has 0 aliphatic carbocycles. The van der Waals surface area contributed by atoms with E-state index in [9.17, 15) is 4.79 Å². The Morgan fingerprint density at radius 3 is 2.61 bits per heavy atom. The van der Waals surface area contributed by atoms with Crippen LogP contribution >= 0.6 is 0 Å².